The summed E-state index contributed by atoms with van der Waals surface area (Å²) in [7, 11) is 0. The van der Waals surface area contributed by atoms with Crippen molar-refractivity contribution in [3.63, 3.8) is 0 Å². The minimum atomic E-state index is 0.414. The lowest BCUT2D eigenvalue weighted by Crippen LogP contribution is -3.15. The molecule has 2 rings (SSSR count). The minimum absolute atomic E-state index is 0.414. The Morgan fingerprint density at radius 2 is 1.80 bits per heavy atom. The molecule has 1 aromatic carbocycles. The lowest BCUT2D eigenvalue weighted by molar-refractivity contribution is -0.915. The van der Waals surface area contributed by atoms with Crippen molar-refractivity contribution in [2.75, 3.05) is 25.4 Å². The molecule has 0 saturated carbocycles. The van der Waals surface area contributed by atoms with Crippen molar-refractivity contribution < 1.29 is 9.64 Å². The van der Waals surface area contributed by atoms with Gasteiger partial charge in [-0.15, -0.1) is 11.8 Å². The maximum absolute atomic E-state index is 5.88. The predicted octanol–water partition coefficient (Wildman–Crippen LogP) is 2.90. The van der Waals surface area contributed by atoms with Gasteiger partial charge in [-0.05, 0) is 56.7 Å². The van der Waals surface area contributed by atoms with Crippen LogP contribution in [0.4, 0.5) is 0 Å². The standard InChI is InChI=1S/C16H24ClNOS/c1-13-11-18(12-14(2)19-13)9-3-4-10-20-16-7-5-15(17)6-8-16/h5-8,13-14H,3-4,9-12H2,1-2H3/p+1/t13-,14-/m1/s1. The molecule has 2 atom stereocenters. The van der Waals surface area contributed by atoms with E-state index in [-0.39, 0.29) is 0 Å². The van der Waals surface area contributed by atoms with Gasteiger partial charge in [0.25, 0.3) is 0 Å². The number of thioether (sulfide) groups is 1. The normalized spacial score (nSPS) is 26.6. The molecule has 4 heteroatoms. The zero-order valence-corrected chi connectivity index (χ0v) is 14.0. The maximum atomic E-state index is 5.88. The lowest BCUT2D eigenvalue weighted by Gasteiger charge is -2.32. The van der Waals surface area contributed by atoms with E-state index in [0.717, 1.165) is 18.1 Å². The van der Waals surface area contributed by atoms with Crippen LogP contribution in [-0.4, -0.2) is 37.6 Å². The molecule has 1 aliphatic rings. The molecule has 1 N–H and O–H groups in total. The van der Waals surface area contributed by atoms with E-state index in [1.807, 2.05) is 23.9 Å². The van der Waals surface area contributed by atoms with Crippen LogP contribution in [0, 0.1) is 0 Å². The Balaban J connectivity index is 1.58. The fourth-order valence-electron chi connectivity index (χ4n) is 2.79. The van der Waals surface area contributed by atoms with Gasteiger partial charge in [0.2, 0.25) is 0 Å². The molecule has 0 bridgehead atoms. The molecule has 0 radical (unpaired) electrons. The molecule has 1 saturated heterocycles. The van der Waals surface area contributed by atoms with Crippen molar-refractivity contribution in [1.82, 2.24) is 0 Å². The summed E-state index contributed by atoms with van der Waals surface area (Å²) in [5.41, 5.74) is 0. The number of nitrogens with one attached hydrogen (secondary N) is 1. The highest BCUT2D eigenvalue weighted by Gasteiger charge is 2.24. The molecule has 1 heterocycles. The first-order valence-electron chi connectivity index (χ1n) is 7.51. The summed E-state index contributed by atoms with van der Waals surface area (Å²) in [6.45, 7) is 7.97. The Morgan fingerprint density at radius 1 is 1.15 bits per heavy atom. The number of benzene rings is 1. The van der Waals surface area contributed by atoms with E-state index in [9.17, 15) is 0 Å². The van der Waals surface area contributed by atoms with E-state index in [1.54, 1.807) is 4.90 Å². The van der Waals surface area contributed by atoms with Crippen LogP contribution in [0.5, 0.6) is 0 Å². The van der Waals surface area contributed by atoms with Crippen LogP contribution in [0.15, 0.2) is 29.2 Å². The molecule has 2 nitrogen and oxygen atoms in total. The van der Waals surface area contributed by atoms with Crippen molar-refractivity contribution in [3.8, 4) is 0 Å². The number of hydrogen-bond donors (Lipinski definition) is 1. The zero-order valence-electron chi connectivity index (χ0n) is 12.4. The SMILES string of the molecule is C[C@@H]1C[NH+](CCCCSc2ccc(Cl)cc2)C[C@@H](C)O1. The second-order valence-electron chi connectivity index (χ2n) is 5.68. The first-order chi connectivity index (χ1) is 9.63. The molecule has 0 aliphatic carbocycles. The Bertz CT molecular complexity index is 388. The van der Waals surface area contributed by atoms with Crippen LogP contribution >= 0.6 is 23.4 Å². The van der Waals surface area contributed by atoms with E-state index in [2.05, 4.69) is 26.0 Å². The van der Waals surface area contributed by atoms with Crippen LogP contribution in [0.25, 0.3) is 0 Å². The highest BCUT2D eigenvalue weighted by atomic mass is 35.5. The second-order valence-corrected chi connectivity index (χ2v) is 7.28. The Kier molecular flexibility index (Phi) is 6.69. The van der Waals surface area contributed by atoms with Crippen LogP contribution < -0.4 is 4.90 Å². The van der Waals surface area contributed by atoms with E-state index in [0.29, 0.717) is 12.2 Å². The number of unbranched alkanes of at least 4 members (excludes halogenated alkanes) is 1. The molecule has 112 valence electrons. The molecule has 1 aromatic rings. The van der Waals surface area contributed by atoms with Gasteiger partial charge in [-0.25, -0.2) is 0 Å². The fraction of sp³-hybridized carbons (Fsp3) is 0.625. The van der Waals surface area contributed by atoms with Gasteiger partial charge in [0.15, 0.2) is 0 Å². The van der Waals surface area contributed by atoms with Gasteiger partial charge in [-0.1, -0.05) is 11.6 Å². The summed E-state index contributed by atoms with van der Waals surface area (Å²) < 4.78 is 5.78. The number of halogens is 1. The third-order valence-corrected chi connectivity index (χ3v) is 4.97. The topological polar surface area (TPSA) is 13.7 Å². The number of morpholine rings is 1. The summed E-state index contributed by atoms with van der Waals surface area (Å²) in [5.74, 6) is 1.19. The van der Waals surface area contributed by atoms with E-state index in [4.69, 9.17) is 16.3 Å². The summed E-state index contributed by atoms with van der Waals surface area (Å²) in [5, 5.41) is 0.813. The molecular formula is C16H25ClNOS+. The van der Waals surface area contributed by atoms with Gasteiger partial charge in [0, 0.05) is 9.92 Å². The molecule has 1 fully saturated rings. The van der Waals surface area contributed by atoms with Crippen LogP contribution in [0.2, 0.25) is 5.02 Å². The highest BCUT2D eigenvalue weighted by molar-refractivity contribution is 7.99. The van der Waals surface area contributed by atoms with Gasteiger partial charge < -0.3 is 9.64 Å². The van der Waals surface area contributed by atoms with E-state index < -0.39 is 0 Å². The van der Waals surface area contributed by atoms with Gasteiger partial charge in [-0.3, -0.25) is 0 Å². The average molecular weight is 315 g/mol. The first kappa shape index (κ1) is 16.2. The second kappa shape index (κ2) is 8.28. The van der Waals surface area contributed by atoms with Crippen molar-refractivity contribution >= 4 is 23.4 Å². The number of hydrogen-bond acceptors (Lipinski definition) is 2. The van der Waals surface area contributed by atoms with Crippen molar-refractivity contribution in [2.24, 2.45) is 0 Å². The fourth-order valence-corrected chi connectivity index (χ4v) is 3.83. The molecule has 0 amide bonds. The third-order valence-electron chi connectivity index (χ3n) is 3.62. The summed E-state index contributed by atoms with van der Waals surface area (Å²) >= 11 is 7.81. The molecule has 1 aliphatic heterocycles. The highest BCUT2D eigenvalue weighted by Crippen LogP contribution is 2.21. The van der Waals surface area contributed by atoms with Crippen LogP contribution in [0.3, 0.4) is 0 Å². The number of ether oxygens (including phenoxy) is 1. The summed E-state index contributed by atoms with van der Waals surface area (Å²) in [6, 6.07) is 8.13. The minimum Gasteiger partial charge on any atom is -0.364 e. The third kappa shape index (κ3) is 5.65. The summed E-state index contributed by atoms with van der Waals surface area (Å²) in [6.07, 6.45) is 3.41. The van der Waals surface area contributed by atoms with E-state index >= 15 is 0 Å². The molecule has 20 heavy (non-hydrogen) atoms. The van der Waals surface area contributed by atoms with Crippen molar-refractivity contribution in [2.45, 2.75) is 43.8 Å². The predicted molar refractivity (Wildman–Crippen MR) is 87.0 cm³/mol. The molecule has 0 unspecified atom stereocenters. The summed E-state index contributed by atoms with van der Waals surface area (Å²) in [4.78, 5) is 3.02. The number of quaternary nitrogens is 1. The smallest absolute Gasteiger partial charge is 0.104 e. The van der Waals surface area contributed by atoms with Crippen molar-refractivity contribution in [3.05, 3.63) is 29.3 Å². The molecule has 0 spiro atoms. The Hall–Kier alpha value is -0.220. The van der Waals surface area contributed by atoms with Gasteiger partial charge in [0.1, 0.15) is 25.3 Å². The first-order valence-corrected chi connectivity index (χ1v) is 8.87. The monoisotopic (exact) mass is 314 g/mol. The quantitative estimate of drug-likeness (QED) is 0.641. The Labute approximate surface area is 131 Å². The largest absolute Gasteiger partial charge is 0.364 e. The maximum Gasteiger partial charge on any atom is 0.104 e. The van der Waals surface area contributed by atoms with Crippen LogP contribution in [0.1, 0.15) is 26.7 Å². The van der Waals surface area contributed by atoms with Gasteiger partial charge in [-0.2, -0.15) is 0 Å². The van der Waals surface area contributed by atoms with Gasteiger partial charge >= 0.3 is 0 Å². The lowest BCUT2D eigenvalue weighted by atomic mass is 10.2. The Morgan fingerprint density at radius 3 is 2.45 bits per heavy atom. The van der Waals surface area contributed by atoms with Crippen molar-refractivity contribution in [1.29, 1.82) is 0 Å². The molecular weight excluding hydrogens is 290 g/mol. The molecule has 0 aromatic heterocycles. The zero-order chi connectivity index (χ0) is 14.4. The average Bonchev–Trinajstić information content (AvgIpc) is 2.39. The van der Waals surface area contributed by atoms with Crippen LogP contribution in [-0.2, 0) is 4.74 Å². The van der Waals surface area contributed by atoms with E-state index in [1.165, 1.54) is 30.0 Å². The van der Waals surface area contributed by atoms with Gasteiger partial charge in [0.05, 0.1) is 6.54 Å². The number of rotatable bonds is 6.